The van der Waals surface area contributed by atoms with Gasteiger partial charge in [-0.1, -0.05) is 6.07 Å². The highest BCUT2D eigenvalue weighted by molar-refractivity contribution is 5.77. The lowest BCUT2D eigenvalue weighted by Gasteiger charge is -2.63. The van der Waals surface area contributed by atoms with E-state index in [9.17, 15) is 13.6 Å². The van der Waals surface area contributed by atoms with E-state index in [0.29, 0.717) is 29.4 Å². The van der Waals surface area contributed by atoms with Gasteiger partial charge in [0.2, 0.25) is 0 Å². The van der Waals surface area contributed by atoms with Gasteiger partial charge in [-0.15, -0.1) is 0 Å². The lowest BCUT2D eigenvalue weighted by molar-refractivity contribution is -0.106. The molecule has 2 aliphatic carbocycles. The number of hydrogen-bond acceptors (Lipinski definition) is 2. The van der Waals surface area contributed by atoms with Gasteiger partial charge in [-0.25, -0.2) is 18.6 Å². The number of halogens is 2. The van der Waals surface area contributed by atoms with E-state index in [1.807, 2.05) is 23.1 Å². The third kappa shape index (κ3) is 3.15. The highest BCUT2D eigenvalue weighted by Crippen LogP contribution is 2.56. The first-order valence-corrected chi connectivity index (χ1v) is 11.3. The molecule has 2 aromatic rings. The Bertz CT molecular complexity index is 1020. The molecule has 1 aromatic heterocycles. The van der Waals surface area contributed by atoms with Crippen molar-refractivity contribution in [1.29, 1.82) is 0 Å². The van der Waals surface area contributed by atoms with Crippen LogP contribution < -0.4 is 0 Å². The zero-order chi connectivity index (χ0) is 21.4. The summed E-state index contributed by atoms with van der Waals surface area (Å²) < 4.78 is 29.2. The van der Waals surface area contributed by atoms with Gasteiger partial charge < -0.3 is 14.4 Å². The third-order valence-corrected chi connectivity index (χ3v) is 8.10. The number of urea groups is 1. The van der Waals surface area contributed by atoms with Crippen LogP contribution in [0.2, 0.25) is 0 Å². The van der Waals surface area contributed by atoms with Crippen molar-refractivity contribution in [3.05, 3.63) is 53.6 Å². The molecular formula is C24H28F2N4O. The van der Waals surface area contributed by atoms with Gasteiger partial charge in [0, 0.05) is 55.3 Å². The van der Waals surface area contributed by atoms with Crippen molar-refractivity contribution in [1.82, 2.24) is 19.4 Å². The van der Waals surface area contributed by atoms with Crippen molar-refractivity contribution in [3.8, 4) is 0 Å². The van der Waals surface area contributed by atoms with Gasteiger partial charge in [-0.2, -0.15) is 0 Å². The fourth-order valence-electron chi connectivity index (χ4n) is 6.61. The molecule has 6 rings (SSSR count). The fourth-order valence-corrected chi connectivity index (χ4v) is 6.61. The molecule has 2 spiro atoms. The number of rotatable bonds is 3. The summed E-state index contributed by atoms with van der Waals surface area (Å²) in [5, 5.41) is 0. The molecule has 0 radical (unpaired) electrons. The van der Waals surface area contributed by atoms with Gasteiger partial charge in [-0.3, -0.25) is 0 Å². The monoisotopic (exact) mass is 426 g/mol. The molecule has 0 atom stereocenters. The molecule has 2 amide bonds. The van der Waals surface area contributed by atoms with Crippen LogP contribution in [-0.2, 0) is 6.42 Å². The van der Waals surface area contributed by atoms with Crippen LogP contribution in [-0.4, -0.2) is 51.6 Å². The summed E-state index contributed by atoms with van der Waals surface area (Å²) >= 11 is 0. The quantitative estimate of drug-likeness (QED) is 0.739. The Hall–Kier alpha value is -2.44. The average molecular weight is 427 g/mol. The molecule has 5 nitrogen and oxygen atoms in total. The predicted octanol–water partition coefficient (Wildman–Crippen LogP) is 4.18. The summed E-state index contributed by atoms with van der Waals surface area (Å²) in [4.78, 5) is 21.1. The second-order valence-corrected chi connectivity index (χ2v) is 10.7. The average Bonchev–Trinajstić information content (AvgIpc) is 3.01. The van der Waals surface area contributed by atoms with Crippen LogP contribution in [0, 0.1) is 35.3 Å². The van der Waals surface area contributed by atoms with E-state index < -0.39 is 11.6 Å². The van der Waals surface area contributed by atoms with E-state index in [1.165, 1.54) is 6.07 Å². The fraction of sp³-hybridized carbons (Fsp3) is 0.583. The standard InChI is InChI=1S/C24H28F2N4O/c1-16-10-28(15-27-16)20-8-24(9-20)13-30(14-24)22(31)29-11-23(12-29)6-17(7-23)4-18-2-3-19(25)5-21(18)26/h2-3,5,10,15,17,20H,4,6-9,11-14H2,1H3. The Morgan fingerprint density at radius 3 is 2.29 bits per heavy atom. The summed E-state index contributed by atoms with van der Waals surface area (Å²) in [7, 11) is 0. The molecule has 31 heavy (non-hydrogen) atoms. The maximum atomic E-state index is 13.9. The van der Waals surface area contributed by atoms with Gasteiger partial charge >= 0.3 is 6.03 Å². The lowest BCUT2D eigenvalue weighted by Crippen LogP contribution is -2.71. The summed E-state index contributed by atoms with van der Waals surface area (Å²) in [6, 6.07) is 4.57. The molecule has 2 saturated heterocycles. The maximum absolute atomic E-state index is 13.9. The van der Waals surface area contributed by atoms with E-state index in [1.54, 1.807) is 6.07 Å². The second kappa shape index (κ2) is 6.53. The molecule has 164 valence electrons. The van der Waals surface area contributed by atoms with Gasteiger partial charge in [0.15, 0.2) is 0 Å². The highest BCUT2D eigenvalue weighted by atomic mass is 19.1. The van der Waals surface area contributed by atoms with Crippen LogP contribution in [0.1, 0.15) is 43.0 Å². The number of nitrogens with zero attached hydrogens (tertiary/aromatic N) is 4. The third-order valence-electron chi connectivity index (χ3n) is 8.10. The zero-order valence-electron chi connectivity index (χ0n) is 17.9. The summed E-state index contributed by atoms with van der Waals surface area (Å²) in [5.41, 5.74) is 2.21. The van der Waals surface area contributed by atoms with Crippen molar-refractivity contribution in [2.45, 2.75) is 45.1 Å². The molecule has 7 heteroatoms. The van der Waals surface area contributed by atoms with Crippen molar-refractivity contribution in [3.63, 3.8) is 0 Å². The highest BCUT2D eigenvalue weighted by Gasteiger charge is 2.58. The number of carbonyl (C=O) groups is 1. The summed E-state index contributed by atoms with van der Waals surface area (Å²) in [6.07, 6.45) is 9.02. The number of benzene rings is 1. The molecule has 0 bridgehead atoms. The smallest absolute Gasteiger partial charge is 0.320 e. The Kier molecular flexibility index (Phi) is 4.06. The molecule has 4 fully saturated rings. The first-order valence-electron chi connectivity index (χ1n) is 11.3. The van der Waals surface area contributed by atoms with Gasteiger partial charge in [0.1, 0.15) is 11.6 Å². The van der Waals surface area contributed by atoms with E-state index >= 15 is 0 Å². The zero-order valence-corrected chi connectivity index (χ0v) is 17.9. The van der Waals surface area contributed by atoms with E-state index in [2.05, 4.69) is 15.7 Å². The first-order chi connectivity index (χ1) is 14.8. The van der Waals surface area contributed by atoms with Crippen LogP contribution >= 0.6 is 0 Å². The van der Waals surface area contributed by atoms with Crippen LogP contribution in [0.4, 0.5) is 13.6 Å². The van der Waals surface area contributed by atoms with Crippen LogP contribution in [0.25, 0.3) is 0 Å². The Balaban J connectivity index is 0.945. The number of carbonyl (C=O) groups excluding carboxylic acids is 1. The van der Waals surface area contributed by atoms with Gasteiger partial charge in [0.25, 0.3) is 0 Å². The Morgan fingerprint density at radius 1 is 1.06 bits per heavy atom. The molecule has 1 aromatic carbocycles. The molecule has 0 unspecified atom stereocenters. The largest absolute Gasteiger partial charge is 0.334 e. The molecule has 4 aliphatic rings. The van der Waals surface area contributed by atoms with Crippen LogP contribution in [0.5, 0.6) is 0 Å². The summed E-state index contributed by atoms with van der Waals surface area (Å²) in [6.45, 7) is 5.43. The minimum absolute atomic E-state index is 0.186. The minimum atomic E-state index is -0.526. The molecular weight excluding hydrogens is 398 g/mol. The maximum Gasteiger partial charge on any atom is 0.320 e. The van der Waals surface area contributed by atoms with Crippen molar-refractivity contribution >= 4 is 6.03 Å². The van der Waals surface area contributed by atoms with Crippen LogP contribution in [0.3, 0.4) is 0 Å². The number of imidazole rings is 1. The topological polar surface area (TPSA) is 41.4 Å². The normalized spacial score (nSPS) is 24.0. The molecule has 3 heterocycles. The van der Waals surface area contributed by atoms with Gasteiger partial charge in [-0.05, 0) is 56.6 Å². The van der Waals surface area contributed by atoms with Gasteiger partial charge in [0.05, 0.1) is 12.0 Å². The van der Waals surface area contributed by atoms with E-state index in [4.69, 9.17) is 0 Å². The Morgan fingerprint density at radius 2 is 1.71 bits per heavy atom. The SMILES string of the molecule is Cc1cn(C2CC3(C2)CN(C(=O)N2CC4(CC(Cc5ccc(F)cc5F)C4)C2)C3)cn1. The first kappa shape index (κ1) is 19.3. The number of hydrogen-bond donors (Lipinski definition) is 0. The van der Waals surface area contributed by atoms with Crippen molar-refractivity contribution in [2.24, 2.45) is 16.7 Å². The lowest BCUT2D eigenvalue weighted by atomic mass is 9.56. The second-order valence-electron chi connectivity index (χ2n) is 10.7. The number of likely N-dealkylation sites (tertiary alicyclic amines) is 2. The molecule has 2 aliphatic heterocycles. The van der Waals surface area contributed by atoms with E-state index in [-0.39, 0.29) is 11.4 Å². The van der Waals surface area contributed by atoms with E-state index in [0.717, 1.165) is 63.6 Å². The van der Waals surface area contributed by atoms with Crippen LogP contribution in [0.15, 0.2) is 30.7 Å². The summed E-state index contributed by atoms with van der Waals surface area (Å²) in [5.74, 6) is -0.538. The predicted molar refractivity (Wildman–Crippen MR) is 111 cm³/mol. The molecule has 2 saturated carbocycles. The number of aromatic nitrogens is 2. The number of amides is 2. The van der Waals surface area contributed by atoms with Crippen molar-refractivity contribution < 1.29 is 13.6 Å². The Labute approximate surface area is 181 Å². The number of aryl methyl sites for hydroxylation is 1. The molecule has 0 N–H and O–H groups in total. The van der Waals surface area contributed by atoms with Crippen molar-refractivity contribution in [2.75, 3.05) is 26.2 Å². The minimum Gasteiger partial charge on any atom is -0.334 e.